The van der Waals surface area contributed by atoms with Crippen LogP contribution in [0, 0.1) is 5.92 Å². The minimum Gasteiger partial charge on any atom is -0.455 e. The van der Waals surface area contributed by atoms with Gasteiger partial charge < -0.3 is 14.2 Å². The lowest BCUT2D eigenvalue weighted by Gasteiger charge is -2.20. The van der Waals surface area contributed by atoms with Crippen molar-refractivity contribution in [2.75, 3.05) is 6.61 Å². The van der Waals surface area contributed by atoms with E-state index < -0.39 is 0 Å². The maximum Gasteiger partial charge on any atom is 0.334 e. The normalized spacial score (nSPS) is 35.7. The average Bonchev–Trinajstić information content (AvgIpc) is 3.23. The van der Waals surface area contributed by atoms with Gasteiger partial charge in [0.1, 0.15) is 12.2 Å². The van der Waals surface area contributed by atoms with Crippen molar-refractivity contribution in [1.82, 2.24) is 0 Å². The van der Waals surface area contributed by atoms with Crippen molar-refractivity contribution in [3.8, 4) is 0 Å². The van der Waals surface area contributed by atoms with Crippen molar-refractivity contribution in [3.63, 3.8) is 0 Å². The van der Waals surface area contributed by atoms with Crippen molar-refractivity contribution in [2.24, 2.45) is 5.92 Å². The molecule has 26 heavy (non-hydrogen) atoms. The predicted octanol–water partition coefficient (Wildman–Crippen LogP) is 3.96. The molecule has 1 aliphatic carbocycles. The lowest BCUT2D eigenvalue weighted by atomic mass is 9.84. The number of hydrogen-bond acceptors (Lipinski definition) is 4. The van der Waals surface area contributed by atoms with Gasteiger partial charge in [-0.15, -0.1) is 0 Å². The molecule has 4 atom stereocenters. The average molecular weight is 354 g/mol. The van der Waals surface area contributed by atoms with Gasteiger partial charge in [0, 0.05) is 11.5 Å². The van der Waals surface area contributed by atoms with Crippen molar-refractivity contribution in [3.05, 3.63) is 59.7 Å². The van der Waals surface area contributed by atoms with Crippen LogP contribution in [0.4, 0.5) is 0 Å². The van der Waals surface area contributed by atoms with Crippen LogP contribution >= 0.6 is 0 Å². The van der Waals surface area contributed by atoms with E-state index in [1.54, 1.807) is 0 Å². The molecule has 0 radical (unpaired) electrons. The molecule has 138 valence electrons. The summed E-state index contributed by atoms with van der Waals surface area (Å²) in [6.45, 7) is 7.32. The van der Waals surface area contributed by atoms with E-state index in [1.807, 2.05) is 18.2 Å². The second kappa shape index (κ2) is 7.01. The molecule has 1 aromatic rings. The van der Waals surface area contributed by atoms with Gasteiger partial charge in [-0.1, -0.05) is 43.0 Å². The van der Waals surface area contributed by atoms with E-state index in [0.717, 1.165) is 25.7 Å². The van der Waals surface area contributed by atoms with Crippen LogP contribution in [0.5, 0.6) is 0 Å². The highest BCUT2D eigenvalue weighted by Gasteiger charge is 2.61. The number of allylic oxidation sites excluding steroid dienone is 1. The van der Waals surface area contributed by atoms with Crippen LogP contribution in [0.2, 0.25) is 0 Å². The van der Waals surface area contributed by atoms with Gasteiger partial charge >= 0.3 is 5.97 Å². The molecule has 2 saturated heterocycles. The lowest BCUT2D eigenvalue weighted by Crippen LogP contribution is -2.29. The van der Waals surface area contributed by atoms with Gasteiger partial charge in [-0.2, -0.15) is 0 Å². The Labute approximate surface area is 154 Å². The molecule has 1 aromatic carbocycles. The Morgan fingerprint density at radius 1 is 1.27 bits per heavy atom. The number of fused-ring (bicyclic) bond motifs is 3. The number of carbonyl (C=O) groups is 1. The summed E-state index contributed by atoms with van der Waals surface area (Å²) >= 11 is 0. The van der Waals surface area contributed by atoms with E-state index in [0.29, 0.717) is 18.8 Å². The molecule has 4 nitrogen and oxygen atoms in total. The van der Waals surface area contributed by atoms with E-state index in [-0.39, 0.29) is 29.7 Å². The van der Waals surface area contributed by atoms with Crippen molar-refractivity contribution in [2.45, 2.75) is 57.0 Å². The fourth-order valence-electron chi connectivity index (χ4n) is 4.13. The standard InChI is InChI=1S/C22H26O4/c1-15-18-11-10-17(14-24-13-16-7-4-3-5-8-16)9-6-12-22(2)20(26-22)19(18)25-21(15)23/h3-5,7-9,18-20H,1,6,10-14H2,2H3/b17-9-/t18-,19-,20-,22+/m0/s1. The Morgan fingerprint density at radius 3 is 2.88 bits per heavy atom. The number of hydrogen-bond donors (Lipinski definition) is 0. The second-order valence-corrected chi connectivity index (χ2v) is 7.77. The Kier molecular flexibility index (Phi) is 4.72. The van der Waals surface area contributed by atoms with Gasteiger partial charge in [-0.3, -0.25) is 0 Å². The molecule has 0 amide bonds. The monoisotopic (exact) mass is 354 g/mol. The number of carbonyl (C=O) groups excluding carboxylic acids is 1. The molecule has 0 N–H and O–H groups in total. The van der Waals surface area contributed by atoms with Gasteiger partial charge in [0.05, 0.1) is 18.8 Å². The van der Waals surface area contributed by atoms with E-state index in [4.69, 9.17) is 14.2 Å². The quantitative estimate of drug-likeness (QED) is 0.355. The van der Waals surface area contributed by atoms with Crippen LogP contribution in [-0.4, -0.2) is 30.4 Å². The molecular formula is C22H26O4. The van der Waals surface area contributed by atoms with Crippen LogP contribution in [-0.2, 0) is 25.6 Å². The van der Waals surface area contributed by atoms with Gasteiger partial charge in [0.25, 0.3) is 0 Å². The van der Waals surface area contributed by atoms with E-state index in [9.17, 15) is 4.79 Å². The highest BCUT2D eigenvalue weighted by atomic mass is 16.6. The number of epoxide rings is 1. The van der Waals surface area contributed by atoms with Crippen LogP contribution in [0.25, 0.3) is 0 Å². The fourth-order valence-corrected chi connectivity index (χ4v) is 4.13. The summed E-state index contributed by atoms with van der Waals surface area (Å²) in [7, 11) is 0. The summed E-state index contributed by atoms with van der Waals surface area (Å²) in [6.07, 6.45) is 5.77. The number of benzene rings is 1. The molecule has 3 aliphatic rings. The van der Waals surface area contributed by atoms with Gasteiger partial charge in [-0.25, -0.2) is 4.79 Å². The van der Waals surface area contributed by atoms with Crippen LogP contribution < -0.4 is 0 Å². The first-order chi connectivity index (χ1) is 12.6. The molecule has 0 aromatic heterocycles. The van der Waals surface area contributed by atoms with Crippen molar-refractivity contribution >= 4 is 5.97 Å². The number of ether oxygens (including phenoxy) is 3. The predicted molar refractivity (Wildman–Crippen MR) is 98.4 cm³/mol. The van der Waals surface area contributed by atoms with Crippen molar-refractivity contribution < 1.29 is 19.0 Å². The molecule has 0 bridgehead atoms. The molecule has 4 rings (SSSR count). The van der Waals surface area contributed by atoms with Gasteiger partial charge in [0.15, 0.2) is 0 Å². The summed E-state index contributed by atoms with van der Waals surface area (Å²) in [6, 6.07) is 10.2. The third-order valence-electron chi connectivity index (χ3n) is 5.84. The molecule has 2 aliphatic heterocycles. The Morgan fingerprint density at radius 2 is 2.08 bits per heavy atom. The highest BCUT2D eigenvalue weighted by Crippen LogP contribution is 2.49. The molecule has 0 unspecified atom stereocenters. The Balaban J connectivity index is 1.41. The van der Waals surface area contributed by atoms with Crippen LogP contribution in [0.1, 0.15) is 38.2 Å². The molecule has 0 spiro atoms. The minimum absolute atomic E-state index is 0.0139. The molecule has 4 heteroatoms. The Bertz CT molecular complexity index is 723. The maximum atomic E-state index is 12.0. The topological polar surface area (TPSA) is 48.1 Å². The Hall–Kier alpha value is -1.91. The zero-order chi connectivity index (χ0) is 18.1. The van der Waals surface area contributed by atoms with E-state index in [2.05, 4.69) is 31.7 Å². The molecule has 2 fully saturated rings. The van der Waals surface area contributed by atoms with E-state index in [1.165, 1.54) is 11.1 Å². The van der Waals surface area contributed by atoms with Gasteiger partial charge in [0.2, 0.25) is 0 Å². The van der Waals surface area contributed by atoms with Crippen LogP contribution in [0.3, 0.4) is 0 Å². The molecule has 2 heterocycles. The molecular weight excluding hydrogens is 328 g/mol. The SMILES string of the molecule is C=C1C(=O)O[C@H]2[C@H]1CC/C(COCc1ccccc1)=C/CC[C@@]1(C)O[C@@H]21. The van der Waals surface area contributed by atoms with Crippen molar-refractivity contribution in [1.29, 1.82) is 0 Å². The van der Waals surface area contributed by atoms with Gasteiger partial charge in [-0.05, 0) is 43.7 Å². The maximum absolute atomic E-state index is 12.0. The molecule has 0 saturated carbocycles. The summed E-state index contributed by atoms with van der Waals surface area (Å²) < 4.78 is 17.5. The first-order valence-electron chi connectivity index (χ1n) is 9.44. The second-order valence-electron chi connectivity index (χ2n) is 7.77. The number of rotatable bonds is 4. The fraction of sp³-hybridized carbons (Fsp3) is 0.500. The summed E-state index contributed by atoms with van der Waals surface area (Å²) in [5, 5.41) is 0. The summed E-state index contributed by atoms with van der Waals surface area (Å²) in [5.74, 6) is -0.215. The summed E-state index contributed by atoms with van der Waals surface area (Å²) in [5.41, 5.74) is 2.88. The first-order valence-corrected chi connectivity index (χ1v) is 9.44. The summed E-state index contributed by atoms with van der Waals surface area (Å²) in [4.78, 5) is 12.0. The first kappa shape index (κ1) is 17.5. The smallest absolute Gasteiger partial charge is 0.334 e. The largest absolute Gasteiger partial charge is 0.455 e. The number of esters is 1. The zero-order valence-electron chi connectivity index (χ0n) is 15.3. The van der Waals surface area contributed by atoms with E-state index >= 15 is 0 Å². The third-order valence-corrected chi connectivity index (χ3v) is 5.84. The highest BCUT2D eigenvalue weighted by molar-refractivity contribution is 5.91. The lowest BCUT2D eigenvalue weighted by molar-refractivity contribution is -0.140. The zero-order valence-corrected chi connectivity index (χ0v) is 15.3. The third kappa shape index (κ3) is 3.49. The van der Waals surface area contributed by atoms with Crippen LogP contribution in [0.15, 0.2) is 54.1 Å². The minimum atomic E-state index is -0.261.